The molecule has 0 radical (unpaired) electrons. The van der Waals surface area contributed by atoms with Gasteiger partial charge >= 0.3 is 0 Å². The van der Waals surface area contributed by atoms with E-state index in [4.69, 9.17) is 15.0 Å². The van der Waals surface area contributed by atoms with Gasteiger partial charge in [0, 0.05) is 26.4 Å². The first-order chi connectivity index (χ1) is 10.3. The molecule has 0 atom stereocenters. The van der Waals surface area contributed by atoms with Gasteiger partial charge in [0.15, 0.2) is 0 Å². The topological polar surface area (TPSA) is 92.0 Å². The van der Waals surface area contributed by atoms with Gasteiger partial charge in [0.2, 0.25) is 5.82 Å². The zero-order valence-electron chi connectivity index (χ0n) is 12.3. The molecule has 1 fully saturated rings. The van der Waals surface area contributed by atoms with E-state index < -0.39 is 5.60 Å². The zero-order valence-corrected chi connectivity index (χ0v) is 12.3. The second-order valence-electron chi connectivity index (χ2n) is 5.47. The Morgan fingerprint density at radius 2 is 2.19 bits per heavy atom. The van der Waals surface area contributed by atoms with Crippen molar-refractivity contribution in [2.45, 2.75) is 44.2 Å². The Hall–Kier alpha value is -1.73. The lowest BCUT2D eigenvalue weighted by atomic mass is 9.84. The van der Waals surface area contributed by atoms with E-state index in [1.165, 1.54) is 6.42 Å². The minimum atomic E-state index is -0.403. The lowest BCUT2D eigenvalue weighted by Gasteiger charge is -2.32. The van der Waals surface area contributed by atoms with Gasteiger partial charge in [-0.15, -0.1) is 0 Å². The molecule has 7 heteroatoms. The third-order valence-corrected chi connectivity index (χ3v) is 4.13. The monoisotopic (exact) mass is 291 g/mol. The summed E-state index contributed by atoms with van der Waals surface area (Å²) in [5.41, 5.74) is 5.80. The number of hydrogen-bond acceptors (Lipinski definition) is 6. The number of hydrogen-bond donors (Lipinski definition) is 1. The Balaban J connectivity index is 1.84. The molecule has 2 aromatic heterocycles. The fraction of sp³-hybridized carbons (Fsp3) is 0.643. The van der Waals surface area contributed by atoms with E-state index in [0.29, 0.717) is 24.0 Å². The maximum Gasteiger partial charge on any atom is 0.278 e. The molecule has 0 amide bonds. The highest BCUT2D eigenvalue weighted by Gasteiger charge is 2.38. The molecule has 0 spiro atoms. The van der Waals surface area contributed by atoms with Crippen LogP contribution in [0.4, 0.5) is 0 Å². The third-order valence-electron chi connectivity index (χ3n) is 4.13. The molecule has 0 aliphatic heterocycles. The number of nitrogens with two attached hydrogens (primary N) is 1. The lowest BCUT2D eigenvalue weighted by Crippen LogP contribution is -2.32. The van der Waals surface area contributed by atoms with Crippen LogP contribution in [0.5, 0.6) is 0 Å². The number of aromatic nitrogens is 4. The van der Waals surface area contributed by atoms with Crippen molar-refractivity contribution in [3.05, 3.63) is 18.3 Å². The standard InChI is InChI=1S/C14H21N5O2/c1-20-14(5-3-2-4-6-14)13-17-12(21-18-13)11-9-19(8-7-15)10-16-11/h9-10H,2-8,15H2,1H3. The summed E-state index contributed by atoms with van der Waals surface area (Å²) in [6.07, 6.45) is 8.95. The maximum atomic E-state index is 5.73. The smallest absolute Gasteiger partial charge is 0.278 e. The van der Waals surface area contributed by atoms with Crippen LogP contribution in [0.25, 0.3) is 11.6 Å². The van der Waals surface area contributed by atoms with Crippen LogP contribution < -0.4 is 5.73 Å². The van der Waals surface area contributed by atoms with Gasteiger partial charge in [0.05, 0.1) is 6.33 Å². The number of imidazole rings is 1. The van der Waals surface area contributed by atoms with Gasteiger partial charge in [0.25, 0.3) is 5.89 Å². The van der Waals surface area contributed by atoms with Crippen LogP contribution in [-0.4, -0.2) is 33.3 Å². The average Bonchev–Trinajstić information content (AvgIpc) is 3.17. The van der Waals surface area contributed by atoms with Crippen molar-refractivity contribution in [1.29, 1.82) is 0 Å². The van der Waals surface area contributed by atoms with Gasteiger partial charge in [-0.3, -0.25) is 0 Å². The zero-order chi connectivity index (χ0) is 14.7. The Labute approximate surface area is 123 Å². The molecule has 2 heterocycles. The number of rotatable bonds is 5. The molecule has 0 bridgehead atoms. The second-order valence-corrected chi connectivity index (χ2v) is 5.47. The summed E-state index contributed by atoms with van der Waals surface area (Å²) in [5.74, 6) is 1.07. The average molecular weight is 291 g/mol. The van der Waals surface area contributed by atoms with Crippen LogP contribution in [-0.2, 0) is 16.9 Å². The summed E-state index contributed by atoms with van der Waals surface area (Å²) in [4.78, 5) is 8.79. The molecule has 1 aliphatic rings. The molecule has 21 heavy (non-hydrogen) atoms. The van der Waals surface area contributed by atoms with Crippen LogP contribution in [0.1, 0.15) is 37.9 Å². The first-order valence-corrected chi connectivity index (χ1v) is 7.39. The Kier molecular flexibility index (Phi) is 4.03. The predicted octanol–water partition coefficient (Wildman–Crippen LogP) is 1.70. The second kappa shape index (κ2) is 5.95. The third kappa shape index (κ3) is 2.71. The summed E-state index contributed by atoms with van der Waals surface area (Å²) in [7, 11) is 1.72. The van der Waals surface area contributed by atoms with Crippen LogP contribution in [0.3, 0.4) is 0 Å². The summed E-state index contributed by atoms with van der Waals surface area (Å²) in [5, 5.41) is 4.13. The predicted molar refractivity (Wildman–Crippen MR) is 76.3 cm³/mol. The maximum absolute atomic E-state index is 5.73. The van der Waals surface area contributed by atoms with E-state index in [1.54, 1.807) is 13.4 Å². The Morgan fingerprint density at radius 1 is 1.38 bits per heavy atom. The molecular formula is C14H21N5O2. The van der Waals surface area contributed by atoms with Gasteiger partial charge in [-0.1, -0.05) is 24.4 Å². The molecule has 2 N–H and O–H groups in total. The highest BCUT2D eigenvalue weighted by molar-refractivity contribution is 5.44. The SMILES string of the molecule is COC1(c2noc(-c3cn(CCN)cn3)n2)CCCCC1. The molecule has 2 aromatic rings. The van der Waals surface area contributed by atoms with Crippen molar-refractivity contribution >= 4 is 0 Å². The molecule has 0 unspecified atom stereocenters. The minimum absolute atomic E-state index is 0.403. The summed E-state index contributed by atoms with van der Waals surface area (Å²) in [6, 6.07) is 0. The van der Waals surface area contributed by atoms with Crippen LogP contribution in [0, 0.1) is 0 Å². The first-order valence-electron chi connectivity index (χ1n) is 7.39. The fourth-order valence-corrected chi connectivity index (χ4v) is 2.90. The number of methoxy groups -OCH3 is 1. The van der Waals surface area contributed by atoms with E-state index >= 15 is 0 Å². The molecule has 0 saturated heterocycles. The normalized spacial score (nSPS) is 18.0. The minimum Gasteiger partial charge on any atom is -0.370 e. The van der Waals surface area contributed by atoms with Gasteiger partial charge in [-0.05, 0) is 12.8 Å². The van der Waals surface area contributed by atoms with E-state index in [0.717, 1.165) is 32.2 Å². The largest absolute Gasteiger partial charge is 0.370 e. The quantitative estimate of drug-likeness (QED) is 0.901. The van der Waals surface area contributed by atoms with Crippen molar-refractivity contribution in [1.82, 2.24) is 19.7 Å². The molecule has 1 saturated carbocycles. The van der Waals surface area contributed by atoms with Crippen molar-refractivity contribution in [3.63, 3.8) is 0 Å². The first kappa shape index (κ1) is 14.2. The van der Waals surface area contributed by atoms with Gasteiger partial charge in [-0.2, -0.15) is 4.98 Å². The Morgan fingerprint density at radius 3 is 2.90 bits per heavy atom. The highest BCUT2D eigenvalue weighted by Crippen LogP contribution is 2.39. The Bertz CT molecular complexity index is 586. The van der Waals surface area contributed by atoms with Crippen LogP contribution >= 0.6 is 0 Å². The van der Waals surface area contributed by atoms with E-state index in [1.807, 2.05) is 10.8 Å². The summed E-state index contributed by atoms with van der Waals surface area (Å²) < 4.78 is 13.0. The van der Waals surface area contributed by atoms with Gasteiger partial charge in [-0.25, -0.2) is 4.98 Å². The van der Waals surface area contributed by atoms with Crippen molar-refractivity contribution in [2.24, 2.45) is 5.73 Å². The molecule has 3 rings (SSSR count). The van der Waals surface area contributed by atoms with E-state index in [2.05, 4.69) is 15.1 Å². The van der Waals surface area contributed by atoms with Crippen LogP contribution in [0.15, 0.2) is 17.0 Å². The fourth-order valence-electron chi connectivity index (χ4n) is 2.90. The van der Waals surface area contributed by atoms with Crippen molar-refractivity contribution < 1.29 is 9.26 Å². The molecule has 0 aromatic carbocycles. The lowest BCUT2D eigenvalue weighted by molar-refractivity contribution is -0.0527. The highest BCUT2D eigenvalue weighted by atomic mass is 16.5. The molecule has 1 aliphatic carbocycles. The van der Waals surface area contributed by atoms with Crippen molar-refractivity contribution in [2.75, 3.05) is 13.7 Å². The number of ether oxygens (including phenoxy) is 1. The van der Waals surface area contributed by atoms with Crippen LogP contribution in [0.2, 0.25) is 0 Å². The number of nitrogens with zero attached hydrogens (tertiary/aromatic N) is 4. The van der Waals surface area contributed by atoms with E-state index in [-0.39, 0.29) is 0 Å². The van der Waals surface area contributed by atoms with Gasteiger partial charge < -0.3 is 19.6 Å². The summed E-state index contributed by atoms with van der Waals surface area (Å²) in [6.45, 7) is 1.29. The molecule has 7 nitrogen and oxygen atoms in total. The van der Waals surface area contributed by atoms with Gasteiger partial charge in [0.1, 0.15) is 11.3 Å². The molecular weight excluding hydrogens is 270 g/mol. The molecule has 114 valence electrons. The summed E-state index contributed by atoms with van der Waals surface area (Å²) >= 11 is 0. The van der Waals surface area contributed by atoms with Crippen molar-refractivity contribution in [3.8, 4) is 11.6 Å². The van der Waals surface area contributed by atoms with E-state index in [9.17, 15) is 0 Å².